The summed E-state index contributed by atoms with van der Waals surface area (Å²) < 4.78 is 11.6. The highest BCUT2D eigenvalue weighted by Crippen LogP contribution is 2.35. The Morgan fingerprint density at radius 3 is 2.77 bits per heavy atom. The Hall–Kier alpha value is -1.53. The topological polar surface area (TPSA) is 24.9 Å². The molecule has 2 aliphatic rings. The summed E-state index contributed by atoms with van der Waals surface area (Å²) in [5, 5.41) is 0. The normalized spacial score (nSPS) is 22.6. The van der Waals surface area contributed by atoms with Gasteiger partial charge in [0.2, 0.25) is 0 Å². The maximum Gasteiger partial charge on any atom is 0.119 e. The molecule has 2 heterocycles. The zero-order valence-corrected chi connectivity index (χ0v) is 19.3. The lowest BCUT2D eigenvalue weighted by atomic mass is 9.85. The third-order valence-corrected chi connectivity index (χ3v) is 7.05. The predicted molar refractivity (Wildman–Crippen MR) is 125 cm³/mol. The van der Waals surface area contributed by atoms with Crippen LogP contribution < -0.4 is 4.74 Å². The molecule has 0 amide bonds. The minimum absolute atomic E-state index is 0.423. The molecule has 2 aliphatic heterocycles. The molecule has 1 unspecified atom stereocenters. The summed E-state index contributed by atoms with van der Waals surface area (Å²) in [6.07, 6.45) is 3.17. The number of likely N-dealkylation sites (N-methyl/N-ethyl adjacent to an activating group) is 1. The minimum Gasteiger partial charge on any atom is -0.494 e. The van der Waals surface area contributed by atoms with Gasteiger partial charge in [0, 0.05) is 43.0 Å². The highest BCUT2D eigenvalue weighted by atomic mass is 32.2. The van der Waals surface area contributed by atoms with Crippen LogP contribution in [0.2, 0.25) is 0 Å². The molecule has 1 saturated heterocycles. The monoisotopic (exact) mass is 426 g/mol. The van der Waals surface area contributed by atoms with E-state index >= 15 is 0 Å². The van der Waals surface area contributed by atoms with Gasteiger partial charge in [0.25, 0.3) is 0 Å². The largest absolute Gasteiger partial charge is 0.494 e. The number of ether oxygens (including phenoxy) is 2. The van der Waals surface area contributed by atoms with Crippen molar-refractivity contribution in [2.45, 2.75) is 36.7 Å². The molecule has 0 N–H and O–H groups in total. The molecule has 1 fully saturated rings. The molecule has 0 radical (unpaired) electrons. The molecular formula is C25H34N2O2S. The van der Waals surface area contributed by atoms with Crippen molar-refractivity contribution in [1.82, 2.24) is 9.80 Å². The van der Waals surface area contributed by atoms with E-state index in [1.165, 1.54) is 21.6 Å². The van der Waals surface area contributed by atoms with Crippen molar-refractivity contribution in [1.29, 1.82) is 0 Å². The van der Waals surface area contributed by atoms with Crippen molar-refractivity contribution in [3.05, 3.63) is 59.2 Å². The number of hydrogen-bond acceptors (Lipinski definition) is 5. The summed E-state index contributed by atoms with van der Waals surface area (Å²) in [4.78, 5) is 6.24. The Kier molecular flexibility index (Phi) is 7.37. The van der Waals surface area contributed by atoms with Gasteiger partial charge in [0.15, 0.2) is 0 Å². The molecule has 0 aliphatic carbocycles. The summed E-state index contributed by atoms with van der Waals surface area (Å²) in [7, 11) is 2.21. The van der Waals surface area contributed by atoms with E-state index in [0.717, 1.165) is 58.2 Å². The standard InChI is InChI=1S/C25H34N2O2S/c1-19-18-28-14-12-27(19)11-4-13-29-22-7-10-24-21(15-22)16-26(2)17-25(24)20-5-8-23(30-3)9-6-20/h5-10,15,19,25H,4,11-14,16-18H2,1-3H3/t19-,25?/m0/s1. The SMILES string of the molecule is CSc1ccc(C2CN(C)Cc3cc(OCCCN4CCOC[C@@H]4C)ccc32)cc1. The van der Waals surface area contributed by atoms with Crippen molar-refractivity contribution in [3.8, 4) is 5.75 Å². The van der Waals surface area contributed by atoms with E-state index in [9.17, 15) is 0 Å². The molecule has 0 saturated carbocycles. The average Bonchev–Trinajstić information content (AvgIpc) is 2.77. The van der Waals surface area contributed by atoms with Gasteiger partial charge in [-0.25, -0.2) is 0 Å². The number of thioether (sulfide) groups is 1. The zero-order valence-electron chi connectivity index (χ0n) is 18.5. The van der Waals surface area contributed by atoms with Crippen molar-refractivity contribution in [2.75, 3.05) is 52.8 Å². The minimum atomic E-state index is 0.423. The Morgan fingerprint density at radius 1 is 1.17 bits per heavy atom. The number of nitrogens with zero attached hydrogens (tertiary/aromatic N) is 2. The highest BCUT2D eigenvalue weighted by molar-refractivity contribution is 7.98. The first-order chi connectivity index (χ1) is 14.6. The first-order valence-corrected chi connectivity index (χ1v) is 12.3. The maximum absolute atomic E-state index is 6.13. The van der Waals surface area contributed by atoms with Gasteiger partial charge in [-0.2, -0.15) is 0 Å². The van der Waals surface area contributed by atoms with Gasteiger partial charge in [-0.05, 0) is 67.6 Å². The summed E-state index contributed by atoms with van der Waals surface area (Å²) in [6, 6.07) is 16.3. The summed E-state index contributed by atoms with van der Waals surface area (Å²) >= 11 is 1.79. The molecule has 30 heavy (non-hydrogen) atoms. The first kappa shape index (κ1) is 21.7. The highest BCUT2D eigenvalue weighted by Gasteiger charge is 2.25. The fraction of sp³-hybridized carbons (Fsp3) is 0.520. The molecule has 4 nitrogen and oxygen atoms in total. The van der Waals surface area contributed by atoms with E-state index in [2.05, 4.69) is 72.5 Å². The van der Waals surface area contributed by atoms with Crippen LogP contribution in [0.15, 0.2) is 47.4 Å². The van der Waals surface area contributed by atoms with Crippen LogP contribution in [-0.2, 0) is 11.3 Å². The molecule has 5 heteroatoms. The van der Waals surface area contributed by atoms with Crippen LogP contribution in [0.1, 0.15) is 36.0 Å². The van der Waals surface area contributed by atoms with Gasteiger partial charge < -0.3 is 14.4 Å². The zero-order chi connectivity index (χ0) is 20.9. The van der Waals surface area contributed by atoms with Gasteiger partial charge in [0.05, 0.1) is 19.8 Å². The molecular weight excluding hydrogens is 392 g/mol. The van der Waals surface area contributed by atoms with Gasteiger partial charge in [-0.3, -0.25) is 4.90 Å². The lowest BCUT2D eigenvalue weighted by Gasteiger charge is -2.33. The number of fused-ring (bicyclic) bond motifs is 1. The second kappa shape index (κ2) is 10.2. The van der Waals surface area contributed by atoms with Crippen LogP contribution in [-0.4, -0.2) is 68.6 Å². The Labute approximate surface area is 185 Å². The lowest BCUT2D eigenvalue weighted by Crippen LogP contribution is -2.44. The van der Waals surface area contributed by atoms with Crippen LogP contribution in [0.4, 0.5) is 0 Å². The fourth-order valence-electron chi connectivity index (χ4n) is 4.59. The molecule has 162 valence electrons. The second-order valence-electron chi connectivity index (χ2n) is 8.55. The molecule has 0 spiro atoms. The molecule has 2 aromatic carbocycles. The van der Waals surface area contributed by atoms with Crippen LogP contribution in [0.3, 0.4) is 0 Å². The van der Waals surface area contributed by atoms with E-state index in [-0.39, 0.29) is 0 Å². The van der Waals surface area contributed by atoms with Crippen LogP contribution in [0, 0.1) is 0 Å². The van der Waals surface area contributed by atoms with Crippen LogP contribution in [0.25, 0.3) is 0 Å². The van der Waals surface area contributed by atoms with E-state index < -0.39 is 0 Å². The predicted octanol–water partition coefficient (Wildman–Crippen LogP) is 4.48. The molecule has 0 bridgehead atoms. The van der Waals surface area contributed by atoms with E-state index in [0.29, 0.717) is 12.0 Å². The Balaban J connectivity index is 1.38. The third kappa shape index (κ3) is 5.20. The van der Waals surface area contributed by atoms with Crippen LogP contribution >= 0.6 is 11.8 Å². The molecule has 2 atom stereocenters. The smallest absolute Gasteiger partial charge is 0.119 e. The molecule has 2 aromatic rings. The Morgan fingerprint density at radius 2 is 2.00 bits per heavy atom. The summed E-state index contributed by atoms with van der Waals surface area (Å²) in [5.74, 6) is 1.42. The number of hydrogen-bond donors (Lipinski definition) is 0. The second-order valence-corrected chi connectivity index (χ2v) is 9.42. The van der Waals surface area contributed by atoms with Crippen molar-refractivity contribution in [2.24, 2.45) is 0 Å². The Bertz CT molecular complexity index is 826. The lowest BCUT2D eigenvalue weighted by molar-refractivity contribution is -0.00201. The third-order valence-electron chi connectivity index (χ3n) is 6.31. The average molecular weight is 427 g/mol. The van der Waals surface area contributed by atoms with Gasteiger partial charge in [-0.1, -0.05) is 18.2 Å². The van der Waals surface area contributed by atoms with Crippen molar-refractivity contribution < 1.29 is 9.47 Å². The fourth-order valence-corrected chi connectivity index (χ4v) is 4.99. The first-order valence-electron chi connectivity index (χ1n) is 11.0. The molecule has 0 aromatic heterocycles. The van der Waals surface area contributed by atoms with Crippen molar-refractivity contribution >= 4 is 11.8 Å². The maximum atomic E-state index is 6.13. The number of rotatable bonds is 7. The van der Waals surface area contributed by atoms with E-state index in [4.69, 9.17) is 9.47 Å². The molecule has 4 rings (SSSR count). The van der Waals surface area contributed by atoms with E-state index in [1.807, 2.05) is 0 Å². The van der Waals surface area contributed by atoms with Crippen molar-refractivity contribution in [3.63, 3.8) is 0 Å². The quantitative estimate of drug-likeness (QED) is 0.480. The van der Waals surface area contributed by atoms with Gasteiger partial charge in [0.1, 0.15) is 5.75 Å². The summed E-state index contributed by atoms with van der Waals surface area (Å²) in [5.41, 5.74) is 4.23. The van der Waals surface area contributed by atoms with E-state index in [1.54, 1.807) is 11.8 Å². The van der Waals surface area contributed by atoms with Crippen LogP contribution in [0.5, 0.6) is 5.75 Å². The summed E-state index contributed by atoms with van der Waals surface area (Å²) in [6.45, 7) is 8.85. The number of morpholine rings is 1. The van der Waals surface area contributed by atoms with Gasteiger partial charge >= 0.3 is 0 Å². The number of benzene rings is 2. The van der Waals surface area contributed by atoms with Gasteiger partial charge in [-0.15, -0.1) is 11.8 Å².